The van der Waals surface area contributed by atoms with Gasteiger partial charge in [-0.2, -0.15) is 0 Å². The van der Waals surface area contributed by atoms with Gasteiger partial charge < -0.3 is 10.0 Å². The third kappa shape index (κ3) is 3.44. The van der Waals surface area contributed by atoms with Crippen LogP contribution in [0.2, 0.25) is 0 Å². The number of likely N-dealkylation sites (N-methyl/N-ethyl adjacent to an activating group) is 1. The van der Waals surface area contributed by atoms with Crippen LogP contribution in [0.1, 0.15) is 27.2 Å². The van der Waals surface area contributed by atoms with Gasteiger partial charge in [0, 0.05) is 19.1 Å². The fourth-order valence-electron chi connectivity index (χ4n) is 2.47. The molecule has 1 saturated heterocycles. The highest BCUT2D eigenvalue weighted by Gasteiger charge is 2.29. The average Bonchev–Trinajstić information content (AvgIpc) is 2.61. The molecule has 0 radical (unpaired) electrons. The smallest absolute Gasteiger partial charge is 0.0589 e. The Balaban J connectivity index is 2.31. The van der Waals surface area contributed by atoms with E-state index in [0.717, 1.165) is 32.7 Å². The molecule has 1 heterocycles. The van der Waals surface area contributed by atoms with Crippen LogP contribution in [0.5, 0.6) is 0 Å². The van der Waals surface area contributed by atoms with Gasteiger partial charge in [-0.05, 0) is 32.0 Å². The minimum absolute atomic E-state index is 0.319. The van der Waals surface area contributed by atoms with E-state index in [9.17, 15) is 5.11 Å². The highest BCUT2D eigenvalue weighted by molar-refractivity contribution is 4.84. The molecule has 90 valence electrons. The molecule has 0 amide bonds. The van der Waals surface area contributed by atoms with E-state index in [0.29, 0.717) is 18.6 Å². The van der Waals surface area contributed by atoms with Crippen LogP contribution in [0.25, 0.3) is 0 Å². The van der Waals surface area contributed by atoms with Crippen LogP contribution in [-0.4, -0.2) is 60.3 Å². The van der Waals surface area contributed by atoms with Crippen molar-refractivity contribution in [2.75, 3.05) is 39.3 Å². The first kappa shape index (κ1) is 12.9. The summed E-state index contributed by atoms with van der Waals surface area (Å²) in [5, 5.41) is 9.33. The van der Waals surface area contributed by atoms with Gasteiger partial charge in [-0.15, -0.1) is 0 Å². The molecule has 0 aliphatic carbocycles. The minimum atomic E-state index is 0.319. The predicted octanol–water partition coefficient (Wildman–Crippen LogP) is 1.03. The summed E-state index contributed by atoms with van der Waals surface area (Å²) >= 11 is 0. The second-order valence-electron chi connectivity index (χ2n) is 4.58. The van der Waals surface area contributed by atoms with Crippen LogP contribution < -0.4 is 0 Å². The van der Waals surface area contributed by atoms with Gasteiger partial charge in [0.15, 0.2) is 0 Å². The van der Waals surface area contributed by atoms with Crippen molar-refractivity contribution in [3.05, 3.63) is 0 Å². The number of hydrogen-bond acceptors (Lipinski definition) is 3. The average molecular weight is 214 g/mol. The summed E-state index contributed by atoms with van der Waals surface area (Å²) in [6.07, 6.45) is 1.24. The molecule has 0 saturated carbocycles. The van der Waals surface area contributed by atoms with E-state index in [1.165, 1.54) is 6.42 Å². The quantitative estimate of drug-likeness (QED) is 0.715. The van der Waals surface area contributed by atoms with Gasteiger partial charge in [-0.25, -0.2) is 0 Å². The number of likely N-dealkylation sites (tertiary alicyclic amines) is 1. The summed E-state index contributed by atoms with van der Waals surface area (Å²) < 4.78 is 0. The molecule has 1 N–H and O–H groups in total. The van der Waals surface area contributed by atoms with Crippen molar-refractivity contribution in [2.24, 2.45) is 5.92 Å². The van der Waals surface area contributed by atoms with Crippen molar-refractivity contribution in [2.45, 2.75) is 33.2 Å². The van der Waals surface area contributed by atoms with Crippen LogP contribution in [0, 0.1) is 5.92 Å². The number of aliphatic hydroxyl groups is 1. The van der Waals surface area contributed by atoms with Gasteiger partial charge in [0.25, 0.3) is 0 Å². The zero-order valence-corrected chi connectivity index (χ0v) is 10.4. The molecule has 0 spiro atoms. The Bertz CT molecular complexity index is 171. The highest BCUT2D eigenvalue weighted by atomic mass is 16.3. The number of nitrogens with zero attached hydrogens (tertiary/aromatic N) is 2. The monoisotopic (exact) mass is 214 g/mol. The first-order valence-corrected chi connectivity index (χ1v) is 6.30. The maximum absolute atomic E-state index is 9.33. The Labute approximate surface area is 94.1 Å². The Morgan fingerprint density at radius 3 is 2.53 bits per heavy atom. The number of rotatable bonds is 6. The van der Waals surface area contributed by atoms with Gasteiger partial charge >= 0.3 is 0 Å². The maximum atomic E-state index is 9.33. The molecular formula is C12H26N2O. The van der Waals surface area contributed by atoms with E-state index in [1.54, 1.807) is 0 Å². The number of hydrogen-bond donors (Lipinski definition) is 1. The Kier molecular flexibility index (Phi) is 5.58. The fraction of sp³-hybridized carbons (Fsp3) is 1.00. The maximum Gasteiger partial charge on any atom is 0.0589 e. The first-order chi connectivity index (χ1) is 7.22. The molecule has 15 heavy (non-hydrogen) atoms. The second kappa shape index (κ2) is 6.46. The van der Waals surface area contributed by atoms with E-state index in [2.05, 4.69) is 30.6 Å². The summed E-state index contributed by atoms with van der Waals surface area (Å²) in [6, 6.07) is 0.403. The fourth-order valence-corrected chi connectivity index (χ4v) is 2.47. The van der Waals surface area contributed by atoms with Crippen molar-refractivity contribution < 1.29 is 5.11 Å². The molecule has 3 heteroatoms. The molecule has 0 bridgehead atoms. The zero-order chi connectivity index (χ0) is 11.3. The molecule has 1 rings (SSSR count). The molecule has 0 aromatic heterocycles. The van der Waals surface area contributed by atoms with E-state index in [-0.39, 0.29) is 0 Å². The van der Waals surface area contributed by atoms with E-state index in [4.69, 9.17) is 0 Å². The van der Waals surface area contributed by atoms with Crippen LogP contribution in [0.15, 0.2) is 0 Å². The van der Waals surface area contributed by atoms with Crippen LogP contribution in [0.4, 0.5) is 0 Å². The third-order valence-corrected chi connectivity index (χ3v) is 3.78. The van der Waals surface area contributed by atoms with E-state index < -0.39 is 0 Å². The molecule has 1 aliphatic rings. The van der Waals surface area contributed by atoms with Crippen molar-refractivity contribution in [1.29, 1.82) is 0 Å². The molecule has 1 aliphatic heterocycles. The van der Waals surface area contributed by atoms with Crippen molar-refractivity contribution in [3.63, 3.8) is 0 Å². The first-order valence-electron chi connectivity index (χ1n) is 6.30. The lowest BCUT2D eigenvalue weighted by Crippen LogP contribution is -2.40. The topological polar surface area (TPSA) is 26.7 Å². The Morgan fingerprint density at radius 1 is 1.33 bits per heavy atom. The molecule has 2 atom stereocenters. The third-order valence-electron chi connectivity index (χ3n) is 3.78. The molecular weight excluding hydrogens is 188 g/mol. The summed E-state index contributed by atoms with van der Waals surface area (Å²) in [6.45, 7) is 12.6. The van der Waals surface area contributed by atoms with Gasteiger partial charge in [0.1, 0.15) is 0 Å². The van der Waals surface area contributed by atoms with Gasteiger partial charge in [0.05, 0.1) is 6.61 Å². The molecule has 2 unspecified atom stereocenters. The largest absolute Gasteiger partial charge is 0.395 e. The predicted molar refractivity (Wildman–Crippen MR) is 64.0 cm³/mol. The number of aliphatic hydroxyl groups excluding tert-OH is 1. The zero-order valence-electron chi connectivity index (χ0n) is 10.4. The summed E-state index contributed by atoms with van der Waals surface area (Å²) in [5.41, 5.74) is 0. The molecule has 3 nitrogen and oxygen atoms in total. The van der Waals surface area contributed by atoms with Crippen molar-refractivity contribution >= 4 is 0 Å². The van der Waals surface area contributed by atoms with Crippen molar-refractivity contribution in [3.8, 4) is 0 Å². The standard InChI is InChI=1S/C12H26N2O/c1-4-13(5-2)8-9-14-7-6-11(3)12(14)10-15/h11-12,15H,4-10H2,1-3H3. The van der Waals surface area contributed by atoms with Gasteiger partial charge in [-0.1, -0.05) is 20.8 Å². The SMILES string of the molecule is CCN(CC)CCN1CCC(C)C1CO. The molecule has 0 aromatic carbocycles. The van der Waals surface area contributed by atoms with E-state index >= 15 is 0 Å². The molecule has 1 fully saturated rings. The van der Waals surface area contributed by atoms with Crippen molar-refractivity contribution in [1.82, 2.24) is 9.80 Å². The Hall–Kier alpha value is -0.120. The summed E-state index contributed by atoms with van der Waals surface area (Å²) in [7, 11) is 0. The lowest BCUT2D eigenvalue weighted by atomic mass is 10.0. The second-order valence-corrected chi connectivity index (χ2v) is 4.58. The molecule has 0 aromatic rings. The summed E-state index contributed by atoms with van der Waals surface area (Å²) in [4.78, 5) is 4.89. The van der Waals surface area contributed by atoms with E-state index in [1.807, 2.05) is 0 Å². The minimum Gasteiger partial charge on any atom is -0.395 e. The lowest BCUT2D eigenvalue weighted by Gasteiger charge is -2.27. The van der Waals surface area contributed by atoms with Crippen LogP contribution in [-0.2, 0) is 0 Å². The van der Waals surface area contributed by atoms with Gasteiger partial charge in [0.2, 0.25) is 0 Å². The Morgan fingerprint density at radius 2 is 2.00 bits per heavy atom. The van der Waals surface area contributed by atoms with Crippen LogP contribution in [0.3, 0.4) is 0 Å². The van der Waals surface area contributed by atoms with Gasteiger partial charge in [-0.3, -0.25) is 4.90 Å². The highest BCUT2D eigenvalue weighted by Crippen LogP contribution is 2.22. The normalized spacial score (nSPS) is 27.8. The van der Waals surface area contributed by atoms with Crippen LogP contribution >= 0.6 is 0 Å². The summed E-state index contributed by atoms with van der Waals surface area (Å²) in [5.74, 6) is 0.659. The lowest BCUT2D eigenvalue weighted by molar-refractivity contribution is 0.126.